The summed E-state index contributed by atoms with van der Waals surface area (Å²) in [6.45, 7) is 2.37. The van der Waals surface area contributed by atoms with Crippen LogP contribution in [0.2, 0.25) is 0 Å². The fourth-order valence-electron chi connectivity index (χ4n) is 4.54. The van der Waals surface area contributed by atoms with Gasteiger partial charge in [0.1, 0.15) is 17.0 Å². The van der Waals surface area contributed by atoms with Crippen LogP contribution in [0.15, 0.2) is 30.5 Å². The van der Waals surface area contributed by atoms with Crippen LogP contribution in [0.1, 0.15) is 34.4 Å². The lowest BCUT2D eigenvalue weighted by atomic mass is 9.88. The monoisotopic (exact) mass is 571 g/mol. The predicted molar refractivity (Wildman–Crippen MR) is 134 cm³/mol. The number of nitrogens with one attached hydrogen (secondary N) is 1. The molecule has 4 rings (SSSR count). The Hall–Kier alpha value is -3.55. The summed E-state index contributed by atoms with van der Waals surface area (Å²) in [7, 11) is 2.55. The van der Waals surface area contributed by atoms with E-state index in [0.717, 1.165) is 12.0 Å². The number of carbonyl (C=O) groups excluding carboxylic acids is 1. The molecule has 1 fully saturated rings. The number of rotatable bonds is 7. The third-order valence-electron chi connectivity index (χ3n) is 6.33. The topological polar surface area (TPSA) is 89.5 Å². The standard InChI is InChI=1S/C25H26F5N5O3S/c1-13-9-24(26,27)12-35(18(13)11-32-23-31-10-17(25(28,29)30)21(34-23)38-4)22(36)19-20(39-14(2)33-19)15-6-5-7-16(8-15)37-3/h5-8,10,13,18H,9,11-12H2,1-4H3,(H,31,32,34)/t13-,18?/m1/s1. The van der Waals surface area contributed by atoms with Crippen LogP contribution in [0, 0.1) is 12.8 Å². The van der Waals surface area contributed by atoms with Crippen molar-refractivity contribution in [2.75, 3.05) is 32.6 Å². The van der Waals surface area contributed by atoms with Crippen molar-refractivity contribution in [3.05, 3.63) is 46.7 Å². The number of anilines is 1. The highest BCUT2D eigenvalue weighted by Gasteiger charge is 2.47. The van der Waals surface area contributed by atoms with Crippen LogP contribution in [-0.2, 0) is 6.18 Å². The van der Waals surface area contributed by atoms with Gasteiger partial charge in [0.2, 0.25) is 11.8 Å². The van der Waals surface area contributed by atoms with E-state index in [1.54, 1.807) is 38.1 Å². The molecule has 1 N–H and O–H groups in total. The number of ether oxygens (including phenoxy) is 2. The highest BCUT2D eigenvalue weighted by atomic mass is 32.1. The molecular formula is C25H26F5N5O3S. The van der Waals surface area contributed by atoms with Gasteiger partial charge in [-0.2, -0.15) is 18.2 Å². The van der Waals surface area contributed by atoms with E-state index in [1.807, 2.05) is 0 Å². The van der Waals surface area contributed by atoms with Crippen molar-refractivity contribution >= 4 is 23.2 Å². The van der Waals surface area contributed by atoms with E-state index in [0.29, 0.717) is 27.4 Å². The van der Waals surface area contributed by atoms with E-state index in [2.05, 4.69) is 20.3 Å². The number of aryl methyl sites for hydroxylation is 1. The molecule has 3 aromatic rings. The zero-order valence-electron chi connectivity index (χ0n) is 21.5. The maximum absolute atomic E-state index is 14.7. The number of likely N-dealkylation sites (tertiary alicyclic amines) is 1. The summed E-state index contributed by atoms with van der Waals surface area (Å²) in [4.78, 5) is 27.2. The van der Waals surface area contributed by atoms with Gasteiger partial charge < -0.3 is 19.7 Å². The van der Waals surface area contributed by atoms with Crippen molar-refractivity contribution in [3.8, 4) is 22.1 Å². The van der Waals surface area contributed by atoms with Crippen LogP contribution in [0.3, 0.4) is 0 Å². The molecule has 1 aliphatic rings. The second kappa shape index (κ2) is 10.9. The SMILES string of the molecule is COc1cccc(-c2sc(C)nc2C(=O)N2CC(F)(F)C[C@@H](C)C2CNc2ncc(C(F)(F)F)c(OC)n2)c1. The molecule has 1 aromatic carbocycles. The van der Waals surface area contributed by atoms with Gasteiger partial charge in [0.05, 0.1) is 36.7 Å². The number of piperidine rings is 1. The molecule has 39 heavy (non-hydrogen) atoms. The summed E-state index contributed by atoms with van der Waals surface area (Å²) in [6, 6.07) is 6.24. The van der Waals surface area contributed by atoms with Gasteiger partial charge >= 0.3 is 6.18 Å². The highest BCUT2D eigenvalue weighted by Crippen LogP contribution is 2.39. The van der Waals surface area contributed by atoms with Crippen molar-refractivity contribution in [3.63, 3.8) is 0 Å². The molecule has 1 amide bonds. The molecule has 0 radical (unpaired) electrons. The van der Waals surface area contributed by atoms with Gasteiger partial charge in [-0.15, -0.1) is 11.3 Å². The molecular weight excluding hydrogens is 545 g/mol. The van der Waals surface area contributed by atoms with Crippen molar-refractivity contribution in [1.82, 2.24) is 19.9 Å². The zero-order chi connectivity index (χ0) is 28.5. The first kappa shape index (κ1) is 28.5. The minimum Gasteiger partial charge on any atom is -0.497 e. The predicted octanol–water partition coefficient (Wildman–Crippen LogP) is 5.54. The van der Waals surface area contributed by atoms with Gasteiger partial charge in [0.25, 0.3) is 11.8 Å². The number of thiazole rings is 1. The van der Waals surface area contributed by atoms with Crippen molar-refractivity contribution < 1.29 is 36.2 Å². The normalized spacial score (nSPS) is 19.1. The fraction of sp³-hybridized carbons (Fsp3) is 0.440. The van der Waals surface area contributed by atoms with E-state index < -0.39 is 54.4 Å². The van der Waals surface area contributed by atoms with Gasteiger partial charge in [-0.1, -0.05) is 19.1 Å². The van der Waals surface area contributed by atoms with Gasteiger partial charge in [-0.05, 0) is 30.5 Å². The van der Waals surface area contributed by atoms with E-state index in [9.17, 15) is 26.7 Å². The number of alkyl halides is 5. The van der Waals surface area contributed by atoms with E-state index in [1.165, 1.54) is 18.4 Å². The Morgan fingerprint density at radius 3 is 2.64 bits per heavy atom. The lowest BCUT2D eigenvalue weighted by molar-refractivity contribution is -0.139. The van der Waals surface area contributed by atoms with Gasteiger partial charge in [-0.25, -0.2) is 18.7 Å². The second-order valence-corrected chi connectivity index (χ2v) is 10.4. The summed E-state index contributed by atoms with van der Waals surface area (Å²) in [6.07, 6.45) is -4.62. The van der Waals surface area contributed by atoms with Crippen molar-refractivity contribution in [2.45, 2.75) is 38.4 Å². The molecule has 14 heteroatoms. The van der Waals surface area contributed by atoms with Crippen LogP contribution in [0.25, 0.3) is 10.4 Å². The Labute approximate surface area is 225 Å². The molecule has 2 aromatic heterocycles. The largest absolute Gasteiger partial charge is 0.497 e. The summed E-state index contributed by atoms with van der Waals surface area (Å²) >= 11 is 1.26. The molecule has 2 atom stereocenters. The summed E-state index contributed by atoms with van der Waals surface area (Å²) in [5.41, 5.74) is -0.463. The van der Waals surface area contributed by atoms with Crippen LogP contribution < -0.4 is 14.8 Å². The van der Waals surface area contributed by atoms with Crippen LogP contribution in [0.5, 0.6) is 11.6 Å². The maximum atomic E-state index is 14.7. The Morgan fingerprint density at radius 2 is 1.97 bits per heavy atom. The maximum Gasteiger partial charge on any atom is 0.423 e. The molecule has 3 heterocycles. The molecule has 1 saturated heterocycles. The fourth-order valence-corrected chi connectivity index (χ4v) is 5.45. The summed E-state index contributed by atoms with van der Waals surface area (Å²) in [5, 5.41) is 3.36. The second-order valence-electron chi connectivity index (χ2n) is 9.18. The van der Waals surface area contributed by atoms with E-state index in [-0.39, 0.29) is 18.2 Å². The number of amides is 1. The van der Waals surface area contributed by atoms with Crippen LogP contribution in [-0.4, -0.2) is 65.0 Å². The number of methoxy groups -OCH3 is 2. The Balaban J connectivity index is 1.64. The summed E-state index contributed by atoms with van der Waals surface area (Å²) < 4.78 is 78.9. The third-order valence-corrected chi connectivity index (χ3v) is 7.35. The van der Waals surface area contributed by atoms with Crippen molar-refractivity contribution in [2.24, 2.45) is 5.92 Å². The molecule has 8 nitrogen and oxygen atoms in total. The number of halogens is 5. The number of carbonyl (C=O) groups is 1. The molecule has 0 spiro atoms. The lowest BCUT2D eigenvalue weighted by Gasteiger charge is -2.43. The smallest absolute Gasteiger partial charge is 0.423 e. The van der Waals surface area contributed by atoms with E-state index in [4.69, 9.17) is 9.47 Å². The number of aromatic nitrogens is 3. The van der Waals surface area contributed by atoms with Crippen molar-refractivity contribution in [1.29, 1.82) is 0 Å². The first-order valence-electron chi connectivity index (χ1n) is 11.9. The van der Waals surface area contributed by atoms with Gasteiger partial charge in [0, 0.05) is 19.2 Å². The van der Waals surface area contributed by atoms with Gasteiger partial charge in [-0.3, -0.25) is 4.79 Å². The number of hydrogen-bond donors (Lipinski definition) is 1. The minimum absolute atomic E-state index is 0.0353. The average Bonchev–Trinajstić information content (AvgIpc) is 3.27. The number of nitrogens with zero attached hydrogens (tertiary/aromatic N) is 4. The minimum atomic E-state index is -4.72. The quantitative estimate of drug-likeness (QED) is 0.373. The molecule has 1 unspecified atom stereocenters. The molecule has 1 aliphatic heterocycles. The molecule has 210 valence electrons. The number of benzene rings is 1. The molecule has 0 bridgehead atoms. The first-order valence-corrected chi connectivity index (χ1v) is 12.7. The lowest BCUT2D eigenvalue weighted by Crippen LogP contribution is -2.57. The highest BCUT2D eigenvalue weighted by molar-refractivity contribution is 7.15. The number of hydrogen-bond acceptors (Lipinski definition) is 8. The zero-order valence-corrected chi connectivity index (χ0v) is 22.3. The third kappa shape index (κ3) is 6.21. The Bertz CT molecular complexity index is 1350. The molecule has 0 aliphatic carbocycles. The first-order chi connectivity index (χ1) is 18.3. The Morgan fingerprint density at radius 1 is 1.23 bits per heavy atom. The van der Waals surface area contributed by atoms with E-state index >= 15 is 0 Å². The van der Waals surface area contributed by atoms with Crippen LogP contribution >= 0.6 is 11.3 Å². The van der Waals surface area contributed by atoms with Gasteiger partial charge in [0.15, 0.2) is 0 Å². The average molecular weight is 572 g/mol. The summed E-state index contributed by atoms with van der Waals surface area (Å²) in [5.74, 6) is -4.80. The Kier molecular flexibility index (Phi) is 7.96. The van der Waals surface area contributed by atoms with Crippen LogP contribution in [0.4, 0.5) is 27.9 Å². The molecule has 0 saturated carbocycles.